The second-order valence-electron chi connectivity index (χ2n) is 4.33. The number of nitrogens with two attached hydrogens (primary N) is 1. The Morgan fingerprint density at radius 3 is 2.55 bits per heavy atom. The predicted octanol–water partition coefficient (Wildman–Crippen LogP) is 5.25. The Kier molecular flexibility index (Phi) is 5.43. The molecule has 6 heteroatoms. The van der Waals surface area contributed by atoms with E-state index in [-0.39, 0.29) is 11.3 Å². The SMILES string of the molecule is CCC(N)C(Sc1ccc(F)c(F)c1)c1ccc(Cl)s1. The molecular weight excluding hydrogens is 320 g/mol. The van der Waals surface area contributed by atoms with Gasteiger partial charge in [0, 0.05) is 15.8 Å². The van der Waals surface area contributed by atoms with E-state index in [1.807, 2.05) is 19.1 Å². The molecule has 0 saturated heterocycles. The molecular formula is C14H14ClF2NS2. The highest BCUT2D eigenvalue weighted by atomic mass is 35.5. The second kappa shape index (κ2) is 6.89. The van der Waals surface area contributed by atoms with Crippen molar-refractivity contribution < 1.29 is 8.78 Å². The van der Waals surface area contributed by atoms with Gasteiger partial charge in [-0.3, -0.25) is 0 Å². The molecule has 0 bridgehead atoms. The number of rotatable bonds is 5. The first-order chi connectivity index (χ1) is 9.51. The summed E-state index contributed by atoms with van der Waals surface area (Å²) in [5.41, 5.74) is 6.15. The molecule has 2 rings (SSSR count). The van der Waals surface area contributed by atoms with E-state index >= 15 is 0 Å². The van der Waals surface area contributed by atoms with Crippen molar-refractivity contribution in [3.8, 4) is 0 Å². The Bertz CT molecular complexity index is 588. The van der Waals surface area contributed by atoms with Crippen LogP contribution in [-0.4, -0.2) is 6.04 Å². The van der Waals surface area contributed by atoms with Crippen molar-refractivity contribution >= 4 is 34.7 Å². The highest BCUT2D eigenvalue weighted by Gasteiger charge is 2.22. The van der Waals surface area contributed by atoms with Gasteiger partial charge in [-0.1, -0.05) is 18.5 Å². The van der Waals surface area contributed by atoms with Gasteiger partial charge in [0.2, 0.25) is 0 Å². The Morgan fingerprint density at radius 2 is 2.00 bits per heavy atom. The fraction of sp³-hybridized carbons (Fsp3) is 0.286. The summed E-state index contributed by atoms with van der Waals surface area (Å²) in [5.74, 6) is -1.69. The van der Waals surface area contributed by atoms with Crippen molar-refractivity contribution in [3.05, 3.63) is 51.2 Å². The van der Waals surface area contributed by atoms with Crippen molar-refractivity contribution in [2.75, 3.05) is 0 Å². The lowest BCUT2D eigenvalue weighted by Gasteiger charge is -2.21. The number of benzene rings is 1. The van der Waals surface area contributed by atoms with Gasteiger partial charge < -0.3 is 5.73 Å². The number of hydrogen-bond donors (Lipinski definition) is 1. The van der Waals surface area contributed by atoms with E-state index in [1.54, 1.807) is 6.07 Å². The van der Waals surface area contributed by atoms with Gasteiger partial charge in [0.05, 0.1) is 9.59 Å². The highest BCUT2D eigenvalue weighted by molar-refractivity contribution is 7.99. The van der Waals surface area contributed by atoms with Gasteiger partial charge in [-0.2, -0.15) is 0 Å². The first-order valence-corrected chi connectivity index (χ1v) is 8.21. The molecule has 2 unspecified atom stereocenters. The van der Waals surface area contributed by atoms with Crippen LogP contribution in [0.3, 0.4) is 0 Å². The monoisotopic (exact) mass is 333 g/mol. The molecule has 0 aliphatic heterocycles. The summed E-state index contributed by atoms with van der Waals surface area (Å²) in [7, 11) is 0. The average molecular weight is 334 g/mol. The van der Waals surface area contributed by atoms with Gasteiger partial charge >= 0.3 is 0 Å². The lowest BCUT2D eigenvalue weighted by Crippen LogP contribution is -2.25. The van der Waals surface area contributed by atoms with E-state index in [4.69, 9.17) is 17.3 Å². The van der Waals surface area contributed by atoms with Gasteiger partial charge in [-0.05, 0) is 36.8 Å². The maximum atomic E-state index is 13.3. The van der Waals surface area contributed by atoms with Gasteiger partial charge in [0.15, 0.2) is 11.6 Å². The first kappa shape index (κ1) is 15.8. The third-order valence-corrected chi connectivity index (χ3v) is 5.74. The molecule has 2 N–H and O–H groups in total. The third-order valence-electron chi connectivity index (χ3n) is 2.89. The Labute approximate surface area is 130 Å². The van der Waals surface area contributed by atoms with E-state index in [2.05, 4.69) is 0 Å². The third kappa shape index (κ3) is 3.73. The Balaban J connectivity index is 2.25. The van der Waals surface area contributed by atoms with Crippen LogP contribution >= 0.6 is 34.7 Å². The summed E-state index contributed by atoms with van der Waals surface area (Å²) in [4.78, 5) is 1.70. The van der Waals surface area contributed by atoms with Crippen molar-refractivity contribution in [2.45, 2.75) is 29.5 Å². The summed E-state index contributed by atoms with van der Waals surface area (Å²) < 4.78 is 26.9. The van der Waals surface area contributed by atoms with E-state index in [0.29, 0.717) is 9.23 Å². The van der Waals surface area contributed by atoms with Crippen LogP contribution in [0.4, 0.5) is 8.78 Å². The molecule has 0 saturated carbocycles. The van der Waals surface area contributed by atoms with Crippen LogP contribution in [0.1, 0.15) is 23.5 Å². The van der Waals surface area contributed by atoms with Crippen molar-refractivity contribution in [1.29, 1.82) is 0 Å². The van der Waals surface area contributed by atoms with Crippen LogP contribution in [0.2, 0.25) is 4.34 Å². The van der Waals surface area contributed by atoms with E-state index in [0.717, 1.165) is 17.4 Å². The van der Waals surface area contributed by atoms with Crippen LogP contribution in [0.25, 0.3) is 0 Å². The number of thioether (sulfide) groups is 1. The molecule has 0 spiro atoms. The first-order valence-electron chi connectivity index (χ1n) is 6.13. The normalized spacial score (nSPS) is 14.2. The minimum Gasteiger partial charge on any atom is -0.326 e. The summed E-state index contributed by atoms with van der Waals surface area (Å²) in [6.45, 7) is 2.00. The molecule has 0 radical (unpaired) electrons. The fourth-order valence-corrected chi connectivity index (χ4v) is 4.33. The minimum absolute atomic E-state index is 0.0256. The zero-order valence-electron chi connectivity index (χ0n) is 10.8. The molecule has 20 heavy (non-hydrogen) atoms. The fourth-order valence-electron chi connectivity index (χ4n) is 1.75. The molecule has 0 aliphatic rings. The van der Waals surface area contributed by atoms with Crippen molar-refractivity contribution in [1.82, 2.24) is 0 Å². The minimum atomic E-state index is -0.844. The number of hydrogen-bond acceptors (Lipinski definition) is 3. The van der Waals surface area contributed by atoms with E-state index in [1.165, 1.54) is 29.2 Å². The molecule has 0 aliphatic carbocycles. The Morgan fingerprint density at radius 1 is 1.25 bits per heavy atom. The molecule has 2 atom stereocenters. The topological polar surface area (TPSA) is 26.0 Å². The van der Waals surface area contributed by atoms with Crippen LogP contribution in [0, 0.1) is 11.6 Å². The molecule has 1 nitrogen and oxygen atoms in total. The molecule has 1 aromatic heterocycles. The summed E-state index contributed by atoms with van der Waals surface area (Å²) >= 11 is 8.85. The van der Waals surface area contributed by atoms with E-state index in [9.17, 15) is 8.78 Å². The quantitative estimate of drug-likeness (QED) is 0.756. The standard InChI is InChI=1S/C14H14ClF2NS2/c1-2-11(18)14(12-5-6-13(15)20-12)19-8-3-4-9(16)10(17)7-8/h3-7,11,14H,2,18H2,1H3. The van der Waals surface area contributed by atoms with Crippen molar-refractivity contribution in [3.63, 3.8) is 0 Å². The molecule has 2 aromatic rings. The maximum Gasteiger partial charge on any atom is 0.159 e. The molecule has 1 aromatic carbocycles. The number of halogens is 3. The van der Waals surface area contributed by atoms with Gasteiger partial charge in [0.1, 0.15) is 0 Å². The zero-order chi connectivity index (χ0) is 14.7. The molecule has 108 valence electrons. The summed E-state index contributed by atoms with van der Waals surface area (Å²) in [6, 6.07) is 7.57. The highest BCUT2D eigenvalue weighted by Crippen LogP contribution is 2.42. The smallest absolute Gasteiger partial charge is 0.159 e. The molecule has 0 fully saturated rings. The van der Waals surface area contributed by atoms with E-state index < -0.39 is 11.6 Å². The predicted molar refractivity (Wildman–Crippen MR) is 82.6 cm³/mol. The van der Waals surface area contributed by atoms with Crippen LogP contribution in [-0.2, 0) is 0 Å². The number of thiophene rings is 1. The largest absolute Gasteiger partial charge is 0.326 e. The maximum absolute atomic E-state index is 13.3. The van der Waals surface area contributed by atoms with Gasteiger partial charge in [-0.15, -0.1) is 23.1 Å². The second-order valence-corrected chi connectivity index (χ2v) is 7.29. The zero-order valence-corrected chi connectivity index (χ0v) is 13.2. The van der Waals surface area contributed by atoms with Gasteiger partial charge in [-0.25, -0.2) is 8.78 Å². The Hall–Kier alpha value is -0.620. The van der Waals surface area contributed by atoms with Crippen LogP contribution < -0.4 is 5.73 Å². The van der Waals surface area contributed by atoms with Crippen LogP contribution in [0.15, 0.2) is 35.2 Å². The molecule has 1 heterocycles. The van der Waals surface area contributed by atoms with Crippen LogP contribution in [0.5, 0.6) is 0 Å². The van der Waals surface area contributed by atoms with Gasteiger partial charge in [0.25, 0.3) is 0 Å². The lowest BCUT2D eigenvalue weighted by atomic mass is 10.1. The van der Waals surface area contributed by atoms with Crippen molar-refractivity contribution in [2.24, 2.45) is 5.73 Å². The molecule has 0 amide bonds. The average Bonchev–Trinajstić information content (AvgIpc) is 2.85. The summed E-state index contributed by atoms with van der Waals surface area (Å²) in [5, 5.41) is -0.0256. The lowest BCUT2D eigenvalue weighted by molar-refractivity contribution is 0.506. The summed E-state index contributed by atoms with van der Waals surface area (Å²) in [6.07, 6.45) is 0.789.